The molecule has 0 saturated heterocycles. The lowest BCUT2D eigenvalue weighted by atomic mass is 10.0. The topological polar surface area (TPSA) is 55.2 Å². The van der Waals surface area contributed by atoms with E-state index in [1.807, 2.05) is 18.2 Å². The maximum absolute atomic E-state index is 10.7. The fourth-order valence-corrected chi connectivity index (χ4v) is 2.23. The molecular weight excluding hydrogens is 252 g/mol. The Morgan fingerprint density at radius 1 is 1.20 bits per heavy atom. The van der Waals surface area contributed by atoms with Gasteiger partial charge in [-0.05, 0) is 30.5 Å². The average molecular weight is 270 g/mol. The second kappa shape index (κ2) is 6.30. The van der Waals surface area contributed by atoms with Gasteiger partial charge in [0, 0.05) is 24.7 Å². The summed E-state index contributed by atoms with van der Waals surface area (Å²) in [4.78, 5) is 10.4. The molecule has 1 atom stereocenters. The molecule has 2 aromatic rings. The van der Waals surface area contributed by atoms with Crippen molar-refractivity contribution in [3.63, 3.8) is 0 Å². The highest BCUT2D eigenvalue weighted by molar-refractivity contribution is 5.34. The predicted octanol–water partition coefficient (Wildman–Crippen LogP) is 3.75. The second-order valence-electron chi connectivity index (χ2n) is 4.89. The summed E-state index contributed by atoms with van der Waals surface area (Å²) in [5.41, 5.74) is 3.54. The predicted molar refractivity (Wildman–Crippen MR) is 79.5 cm³/mol. The molecule has 1 N–H and O–H groups in total. The van der Waals surface area contributed by atoms with Gasteiger partial charge in [-0.25, -0.2) is 0 Å². The summed E-state index contributed by atoms with van der Waals surface area (Å²) in [7, 11) is 0. The molecule has 4 heteroatoms. The Kier molecular flexibility index (Phi) is 4.48. The maximum Gasteiger partial charge on any atom is 0.269 e. The number of nitro groups is 1. The van der Waals surface area contributed by atoms with Gasteiger partial charge in [0.25, 0.3) is 5.69 Å². The molecule has 4 nitrogen and oxygen atoms in total. The van der Waals surface area contributed by atoms with Crippen molar-refractivity contribution in [2.45, 2.75) is 26.4 Å². The smallest absolute Gasteiger partial charge is 0.269 e. The molecule has 0 radical (unpaired) electrons. The molecule has 0 aromatic heterocycles. The van der Waals surface area contributed by atoms with Crippen molar-refractivity contribution >= 4 is 5.69 Å². The molecule has 2 aromatic carbocycles. The number of hydrogen-bond donors (Lipinski definition) is 1. The van der Waals surface area contributed by atoms with E-state index in [0.717, 1.165) is 5.56 Å². The van der Waals surface area contributed by atoms with E-state index in [1.165, 1.54) is 17.2 Å². The van der Waals surface area contributed by atoms with Gasteiger partial charge in [-0.2, -0.15) is 0 Å². The van der Waals surface area contributed by atoms with Crippen LogP contribution < -0.4 is 5.32 Å². The summed E-state index contributed by atoms with van der Waals surface area (Å²) in [6.45, 7) is 4.79. The SMILES string of the molecule is Cc1ccccc1[C@@H](C)NCc1cccc([N+](=O)[O-])c1. The lowest BCUT2D eigenvalue weighted by Crippen LogP contribution is -2.18. The van der Waals surface area contributed by atoms with Crippen LogP contribution in [0.25, 0.3) is 0 Å². The van der Waals surface area contributed by atoms with Gasteiger partial charge in [-0.15, -0.1) is 0 Å². The fourth-order valence-electron chi connectivity index (χ4n) is 2.23. The Balaban J connectivity index is 2.04. The molecule has 0 fully saturated rings. The molecule has 0 heterocycles. The van der Waals surface area contributed by atoms with E-state index in [0.29, 0.717) is 6.54 Å². The first-order valence-corrected chi connectivity index (χ1v) is 6.60. The summed E-state index contributed by atoms with van der Waals surface area (Å²) in [5, 5.41) is 14.1. The molecule has 0 bridgehead atoms. The highest BCUT2D eigenvalue weighted by Crippen LogP contribution is 2.18. The van der Waals surface area contributed by atoms with E-state index >= 15 is 0 Å². The van der Waals surface area contributed by atoms with Gasteiger partial charge in [0.1, 0.15) is 0 Å². The monoisotopic (exact) mass is 270 g/mol. The molecule has 0 aliphatic heterocycles. The van der Waals surface area contributed by atoms with Crippen LogP contribution in [0.3, 0.4) is 0 Å². The fraction of sp³-hybridized carbons (Fsp3) is 0.250. The molecule has 2 rings (SSSR count). The van der Waals surface area contributed by atoms with Crippen LogP contribution in [0.15, 0.2) is 48.5 Å². The Bertz CT molecular complexity index is 611. The van der Waals surface area contributed by atoms with Crippen LogP contribution in [0.5, 0.6) is 0 Å². The zero-order valence-corrected chi connectivity index (χ0v) is 11.7. The third-order valence-electron chi connectivity index (χ3n) is 3.39. The minimum Gasteiger partial charge on any atom is -0.306 e. The number of benzene rings is 2. The molecule has 0 amide bonds. The number of rotatable bonds is 5. The van der Waals surface area contributed by atoms with Gasteiger partial charge in [0.15, 0.2) is 0 Å². The summed E-state index contributed by atoms with van der Waals surface area (Å²) in [6, 6.07) is 15.2. The number of nitro benzene ring substituents is 1. The van der Waals surface area contributed by atoms with Crippen LogP contribution in [0.2, 0.25) is 0 Å². The number of hydrogen-bond acceptors (Lipinski definition) is 3. The summed E-state index contributed by atoms with van der Waals surface area (Å²) >= 11 is 0. The first-order chi connectivity index (χ1) is 9.58. The largest absolute Gasteiger partial charge is 0.306 e. The van der Waals surface area contributed by atoms with Crippen LogP contribution in [-0.2, 0) is 6.54 Å². The Morgan fingerprint density at radius 2 is 1.95 bits per heavy atom. The Labute approximate surface area is 118 Å². The van der Waals surface area contributed by atoms with Crippen LogP contribution in [0, 0.1) is 17.0 Å². The zero-order chi connectivity index (χ0) is 14.5. The lowest BCUT2D eigenvalue weighted by Gasteiger charge is -2.16. The van der Waals surface area contributed by atoms with Gasteiger partial charge < -0.3 is 5.32 Å². The van der Waals surface area contributed by atoms with Gasteiger partial charge in [0.05, 0.1) is 4.92 Å². The standard InChI is InChI=1S/C16H18N2O2/c1-12-6-3-4-9-16(12)13(2)17-11-14-7-5-8-15(10-14)18(19)20/h3-10,13,17H,11H2,1-2H3/t13-/m1/s1. The van der Waals surface area contributed by atoms with Crippen molar-refractivity contribution in [1.29, 1.82) is 0 Å². The zero-order valence-electron chi connectivity index (χ0n) is 11.7. The van der Waals surface area contributed by atoms with Crippen molar-refractivity contribution in [2.75, 3.05) is 0 Å². The van der Waals surface area contributed by atoms with Crippen molar-refractivity contribution in [3.05, 3.63) is 75.3 Å². The van der Waals surface area contributed by atoms with Crippen LogP contribution >= 0.6 is 0 Å². The molecule has 20 heavy (non-hydrogen) atoms. The normalized spacial score (nSPS) is 12.1. The number of aryl methyl sites for hydroxylation is 1. The van der Waals surface area contributed by atoms with Crippen molar-refractivity contribution < 1.29 is 4.92 Å². The molecule has 0 unspecified atom stereocenters. The third-order valence-corrected chi connectivity index (χ3v) is 3.39. The first kappa shape index (κ1) is 14.2. The van der Waals surface area contributed by atoms with E-state index in [2.05, 4.69) is 31.3 Å². The molecule has 0 spiro atoms. The number of non-ortho nitro benzene ring substituents is 1. The van der Waals surface area contributed by atoms with E-state index in [-0.39, 0.29) is 16.7 Å². The number of nitrogens with zero attached hydrogens (tertiary/aromatic N) is 1. The average Bonchev–Trinajstić information content (AvgIpc) is 2.45. The van der Waals surface area contributed by atoms with E-state index in [4.69, 9.17) is 0 Å². The van der Waals surface area contributed by atoms with Gasteiger partial charge in [-0.1, -0.05) is 36.4 Å². The summed E-state index contributed by atoms with van der Waals surface area (Å²) < 4.78 is 0. The van der Waals surface area contributed by atoms with Crippen LogP contribution in [-0.4, -0.2) is 4.92 Å². The Hall–Kier alpha value is -2.20. The quantitative estimate of drug-likeness (QED) is 0.665. The molecule has 0 saturated carbocycles. The van der Waals surface area contributed by atoms with Crippen LogP contribution in [0.1, 0.15) is 29.7 Å². The minimum atomic E-state index is -0.367. The maximum atomic E-state index is 10.7. The van der Waals surface area contributed by atoms with E-state index in [9.17, 15) is 10.1 Å². The summed E-state index contributed by atoms with van der Waals surface area (Å²) in [5.74, 6) is 0. The highest BCUT2D eigenvalue weighted by Gasteiger charge is 2.09. The lowest BCUT2D eigenvalue weighted by molar-refractivity contribution is -0.384. The van der Waals surface area contributed by atoms with E-state index < -0.39 is 0 Å². The van der Waals surface area contributed by atoms with Gasteiger partial charge in [0.2, 0.25) is 0 Å². The molecule has 0 aliphatic rings. The second-order valence-corrected chi connectivity index (χ2v) is 4.89. The van der Waals surface area contributed by atoms with Crippen molar-refractivity contribution in [3.8, 4) is 0 Å². The first-order valence-electron chi connectivity index (χ1n) is 6.60. The summed E-state index contributed by atoms with van der Waals surface area (Å²) in [6.07, 6.45) is 0. The molecule has 0 aliphatic carbocycles. The van der Waals surface area contributed by atoms with Crippen molar-refractivity contribution in [1.82, 2.24) is 5.32 Å². The van der Waals surface area contributed by atoms with Gasteiger partial charge in [-0.3, -0.25) is 10.1 Å². The third kappa shape index (κ3) is 3.42. The number of nitrogens with one attached hydrogen (secondary N) is 1. The van der Waals surface area contributed by atoms with Gasteiger partial charge >= 0.3 is 0 Å². The molecule has 104 valence electrons. The van der Waals surface area contributed by atoms with Crippen LogP contribution in [0.4, 0.5) is 5.69 Å². The van der Waals surface area contributed by atoms with E-state index in [1.54, 1.807) is 12.1 Å². The molecular formula is C16H18N2O2. The Morgan fingerprint density at radius 3 is 2.65 bits per heavy atom. The van der Waals surface area contributed by atoms with Crippen molar-refractivity contribution in [2.24, 2.45) is 0 Å². The highest BCUT2D eigenvalue weighted by atomic mass is 16.6. The minimum absolute atomic E-state index is 0.132.